The Kier molecular flexibility index (Phi) is 6.81. The molecule has 4 nitrogen and oxygen atoms in total. The van der Waals surface area contributed by atoms with Gasteiger partial charge in [0.2, 0.25) is 5.88 Å². The van der Waals surface area contributed by atoms with Crippen molar-refractivity contribution in [3.05, 3.63) is 102 Å². The van der Waals surface area contributed by atoms with Gasteiger partial charge in [0.15, 0.2) is 0 Å². The van der Waals surface area contributed by atoms with Crippen LogP contribution < -0.4 is 10.1 Å². The van der Waals surface area contributed by atoms with Crippen LogP contribution in [0.3, 0.4) is 0 Å². The molecule has 1 N–H and O–H groups in total. The lowest BCUT2D eigenvalue weighted by Gasteiger charge is -2.12. The summed E-state index contributed by atoms with van der Waals surface area (Å²) in [4.78, 5) is 17.3. The lowest BCUT2D eigenvalue weighted by atomic mass is 10.0. The van der Waals surface area contributed by atoms with Crippen molar-refractivity contribution in [1.82, 2.24) is 10.3 Å². The van der Waals surface area contributed by atoms with Gasteiger partial charge in [-0.05, 0) is 58.9 Å². The van der Waals surface area contributed by atoms with E-state index in [4.69, 9.17) is 4.74 Å². The van der Waals surface area contributed by atoms with Crippen molar-refractivity contribution in [2.75, 3.05) is 6.54 Å². The smallest absolute Gasteiger partial charge is 0.270 e. The molecule has 0 aliphatic carbocycles. The lowest BCUT2D eigenvalue weighted by molar-refractivity contribution is 0.0946. The highest BCUT2D eigenvalue weighted by Crippen LogP contribution is 2.24. The fourth-order valence-electron chi connectivity index (χ4n) is 3.59. The van der Waals surface area contributed by atoms with Crippen molar-refractivity contribution < 1.29 is 9.53 Å². The molecule has 0 saturated heterocycles. The Bertz CT molecular complexity index is 1200. The summed E-state index contributed by atoms with van der Waals surface area (Å²) in [6.45, 7) is 4.91. The minimum Gasteiger partial charge on any atom is -0.439 e. The molecule has 4 aromatic rings. The van der Waals surface area contributed by atoms with Gasteiger partial charge in [-0.3, -0.25) is 4.79 Å². The Morgan fingerprint density at radius 2 is 1.62 bits per heavy atom. The number of pyridine rings is 1. The second-order valence-electron chi connectivity index (χ2n) is 8.41. The highest BCUT2D eigenvalue weighted by molar-refractivity contribution is 5.92. The minimum absolute atomic E-state index is 0.177. The maximum atomic E-state index is 12.8. The van der Waals surface area contributed by atoms with E-state index in [-0.39, 0.29) is 5.91 Å². The summed E-state index contributed by atoms with van der Waals surface area (Å²) >= 11 is 0. The third kappa shape index (κ3) is 5.73. The van der Waals surface area contributed by atoms with Crippen LogP contribution in [-0.2, 0) is 6.42 Å². The third-order valence-electron chi connectivity index (χ3n) is 5.29. The summed E-state index contributed by atoms with van der Waals surface area (Å²) < 4.78 is 5.97. The second kappa shape index (κ2) is 10.1. The largest absolute Gasteiger partial charge is 0.439 e. The molecule has 0 aliphatic heterocycles. The van der Waals surface area contributed by atoms with Crippen LogP contribution in [0.4, 0.5) is 0 Å². The number of carbonyl (C=O) groups excluding carboxylic acids is 1. The van der Waals surface area contributed by atoms with E-state index in [0.29, 0.717) is 36.2 Å². The van der Waals surface area contributed by atoms with Crippen molar-refractivity contribution in [1.29, 1.82) is 0 Å². The quantitative estimate of drug-likeness (QED) is 0.356. The van der Waals surface area contributed by atoms with Crippen molar-refractivity contribution in [3.63, 3.8) is 0 Å². The van der Waals surface area contributed by atoms with Gasteiger partial charge < -0.3 is 10.1 Å². The van der Waals surface area contributed by atoms with Gasteiger partial charge in [0.05, 0.1) is 0 Å². The molecule has 32 heavy (non-hydrogen) atoms. The van der Waals surface area contributed by atoms with E-state index >= 15 is 0 Å². The summed E-state index contributed by atoms with van der Waals surface area (Å²) in [6.07, 6.45) is 1.61. The number of hydrogen-bond acceptors (Lipinski definition) is 3. The third-order valence-corrected chi connectivity index (χ3v) is 5.29. The molecule has 0 fully saturated rings. The van der Waals surface area contributed by atoms with Crippen LogP contribution in [0.15, 0.2) is 84.9 Å². The van der Waals surface area contributed by atoms with E-state index in [0.717, 1.165) is 12.0 Å². The van der Waals surface area contributed by atoms with E-state index in [1.807, 2.05) is 54.6 Å². The van der Waals surface area contributed by atoms with Gasteiger partial charge in [0.1, 0.15) is 11.4 Å². The molecule has 0 bridgehead atoms. The monoisotopic (exact) mass is 424 g/mol. The zero-order valence-electron chi connectivity index (χ0n) is 18.5. The van der Waals surface area contributed by atoms with E-state index in [1.54, 1.807) is 0 Å². The number of fused-ring (bicyclic) bond motifs is 1. The van der Waals surface area contributed by atoms with Crippen LogP contribution in [0.5, 0.6) is 11.6 Å². The molecule has 0 radical (unpaired) electrons. The molecular weight excluding hydrogens is 396 g/mol. The average molecular weight is 425 g/mol. The van der Waals surface area contributed by atoms with Crippen LogP contribution in [0, 0.1) is 5.92 Å². The number of rotatable bonds is 8. The lowest BCUT2D eigenvalue weighted by Crippen LogP contribution is -2.26. The predicted octanol–water partition coefficient (Wildman–Crippen LogP) is 6.39. The van der Waals surface area contributed by atoms with Gasteiger partial charge in [0, 0.05) is 12.6 Å². The summed E-state index contributed by atoms with van der Waals surface area (Å²) in [5.74, 6) is 1.46. The molecule has 0 saturated carbocycles. The Morgan fingerprint density at radius 3 is 2.41 bits per heavy atom. The van der Waals surface area contributed by atoms with Crippen LogP contribution in [0.1, 0.15) is 41.9 Å². The number of ether oxygens (including phenoxy) is 1. The Hall–Kier alpha value is -3.66. The van der Waals surface area contributed by atoms with E-state index in [2.05, 4.69) is 54.5 Å². The number of benzene rings is 3. The summed E-state index contributed by atoms with van der Waals surface area (Å²) in [5, 5.41) is 5.39. The van der Waals surface area contributed by atoms with Crippen LogP contribution >= 0.6 is 0 Å². The fourth-order valence-corrected chi connectivity index (χ4v) is 3.59. The van der Waals surface area contributed by atoms with Gasteiger partial charge in [-0.1, -0.05) is 74.5 Å². The van der Waals surface area contributed by atoms with Crippen molar-refractivity contribution in [3.8, 4) is 11.6 Å². The predicted molar refractivity (Wildman–Crippen MR) is 129 cm³/mol. The number of carbonyl (C=O) groups is 1. The summed E-state index contributed by atoms with van der Waals surface area (Å²) in [6, 6.07) is 28.0. The van der Waals surface area contributed by atoms with E-state index in [1.165, 1.54) is 16.3 Å². The molecule has 0 unspecified atom stereocenters. The zero-order valence-corrected chi connectivity index (χ0v) is 18.5. The number of nitrogens with one attached hydrogen (secondary N) is 1. The molecule has 4 rings (SSSR count). The van der Waals surface area contributed by atoms with Gasteiger partial charge in [0.25, 0.3) is 5.91 Å². The molecule has 1 amide bonds. The number of amides is 1. The fraction of sp³-hybridized carbons (Fsp3) is 0.214. The Balaban J connectivity index is 1.61. The van der Waals surface area contributed by atoms with E-state index < -0.39 is 0 Å². The maximum Gasteiger partial charge on any atom is 0.270 e. The first kappa shape index (κ1) is 21.6. The number of hydrogen-bond donors (Lipinski definition) is 1. The van der Waals surface area contributed by atoms with Gasteiger partial charge in [-0.2, -0.15) is 0 Å². The molecule has 162 valence electrons. The molecule has 1 aromatic heterocycles. The van der Waals surface area contributed by atoms with Gasteiger partial charge >= 0.3 is 0 Å². The SMILES string of the molecule is CC(C)CCNC(=O)c1cc(Cc2ccc3ccccc3c2)cc(Oc2ccccc2)n1. The minimum atomic E-state index is -0.177. The number of nitrogens with zero attached hydrogens (tertiary/aromatic N) is 1. The van der Waals surface area contributed by atoms with Gasteiger partial charge in [-0.25, -0.2) is 4.98 Å². The maximum absolute atomic E-state index is 12.8. The zero-order chi connectivity index (χ0) is 22.3. The Labute approximate surface area is 189 Å². The summed E-state index contributed by atoms with van der Waals surface area (Å²) in [5.41, 5.74) is 2.53. The first-order valence-electron chi connectivity index (χ1n) is 11.1. The highest BCUT2D eigenvalue weighted by Gasteiger charge is 2.13. The molecule has 1 heterocycles. The van der Waals surface area contributed by atoms with Crippen LogP contribution in [0.2, 0.25) is 0 Å². The molecule has 4 heteroatoms. The van der Waals surface area contributed by atoms with Crippen LogP contribution in [-0.4, -0.2) is 17.4 Å². The number of para-hydroxylation sites is 1. The first-order valence-corrected chi connectivity index (χ1v) is 11.1. The standard InChI is InChI=1S/C28H28N2O2/c1-20(2)14-15-29-28(31)26-18-22(19-27(30-26)32-25-10-4-3-5-11-25)16-21-12-13-23-8-6-7-9-24(23)17-21/h3-13,17-20H,14-16H2,1-2H3,(H,29,31). The molecule has 0 atom stereocenters. The van der Waals surface area contributed by atoms with E-state index in [9.17, 15) is 4.79 Å². The molecular formula is C28H28N2O2. The Morgan fingerprint density at radius 1 is 0.875 bits per heavy atom. The summed E-state index contributed by atoms with van der Waals surface area (Å²) in [7, 11) is 0. The normalized spacial score (nSPS) is 11.0. The molecule has 0 aliphatic rings. The topological polar surface area (TPSA) is 51.2 Å². The molecule has 3 aromatic carbocycles. The first-order chi connectivity index (χ1) is 15.6. The average Bonchev–Trinajstić information content (AvgIpc) is 2.79. The van der Waals surface area contributed by atoms with Crippen LogP contribution in [0.25, 0.3) is 10.8 Å². The molecule has 0 spiro atoms. The van der Waals surface area contributed by atoms with Crippen molar-refractivity contribution in [2.24, 2.45) is 5.92 Å². The van der Waals surface area contributed by atoms with Gasteiger partial charge in [-0.15, -0.1) is 0 Å². The van der Waals surface area contributed by atoms with Crippen molar-refractivity contribution >= 4 is 16.7 Å². The number of aromatic nitrogens is 1. The highest BCUT2D eigenvalue weighted by atomic mass is 16.5. The second-order valence-corrected chi connectivity index (χ2v) is 8.41. The van der Waals surface area contributed by atoms with Crippen molar-refractivity contribution in [2.45, 2.75) is 26.7 Å².